The predicted molar refractivity (Wildman–Crippen MR) is 233 cm³/mol. The van der Waals surface area contributed by atoms with Crippen molar-refractivity contribution in [1.29, 1.82) is 0 Å². The summed E-state index contributed by atoms with van der Waals surface area (Å²) in [6, 6.07) is 18.4. The summed E-state index contributed by atoms with van der Waals surface area (Å²) in [6.45, 7) is 4.33. The fraction of sp³-hybridized carbons (Fsp3) is 0.326. The van der Waals surface area contributed by atoms with E-state index in [0.717, 1.165) is 37.2 Å². The van der Waals surface area contributed by atoms with Crippen molar-refractivity contribution in [2.45, 2.75) is 50.2 Å². The average Bonchev–Trinajstić information content (AvgIpc) is 3.93. The van der Waals surface area contributed by atoms with Crippen LogP contribution in [0.15, 0.2) is 90.6 Å². The first-order valence-electron chi connectivity index (χ1n) is 21.1. The first-order chi connectivity index (χ1) is 30.6. The molecule has 3 fully saturated rings. The Morgan fingerprint density at radius 1 is 0.873 bits per heavy atom. The van der Waals surface area contributed by atoms with Gasteiger partial charge in [-0.15, -0.1) is 11.3 Å². The standard InChI is InChI=1S/C46H45F2N9O5S/c47-33-3-1-2-30(22-33)42(44(61)53-46-49-14-21-63-46)57-26-36-35(45(57)62)23-32(24-37(36)48)28-4-7-34(8-5-28)55-17-19-56(20-18-55)41(59)27-54-15-12-29(13-16-54)31-6-10-39(50-25-31)51-38-9-11-40(58)52-43(38)60/h1-8,10,14,21-25,29,38,42H,9,11-13,15-20,26-27H2,(H,50,51)(H,49,53,61)(H,52,58,60). The van der Waals surface area contributed by atoms with Crippen molar-refractivity contribution in [2.75, 3.05) is 61.3 Å². The summed E-state index contributed by atoms with van der Waals surface area (Å²) in [7, 11) is 0. The van der Waals surface area contributed by atoms with E-state index in [1.165, 1.54) is 46.7 Å². The average molecular weight is 874 g/mol. The maximum absolute atomic E-state index is 15.8. The van der Waals surface area contributed by atoms with Gasteiger partial charge < -0.3 is 20.0 Å². The number of carbonyl (C=O) groups excluding carboxylic acids is 5. The van der Waals surface area contributed by atoms with E-state index >= 15 is 4.39 Å². The summed E-state index contributed by atoms with van der Waals surface area (Å²) < 4.78 is 30.2. The van der Waals surface area contributed by atoms with Gasteiger partial charge in [0.25, 0.3) is 11.8 Å². The van der Waals surface area contributed by atoms with Crippen LogP contribution < -0.4 is 20.9 Å². The Kier molecular flexibility index (Phi) is 11.9. The van der Waals surface area contributed by atoms with Gasteiger partial charge in [0.1, 0.15) is 29.5 Å². The lowest BCUT2D eigenvalue weighted by molar-refractivity contribution is -0.134. The van der Waals surface area contributed by atoms with Gasteiger partial charge in [-0.2, -0.15) is 0 Å². The number of thiazole rings is 1. The van der Waals surface area contributed by atoms with Gasteiger partial charge in [0.2, 0.25) is 17.7 Å². The van der Waals surface area contributed by atoms with Gasteiger partial charge in [-0.25, -0.2) is 18.7 Å². The Hall–Kier alpha value is -6.59. The SMILES string of the molecule is O=C1CCC(Nc2ccc(C3CCN(CC(=O)N4CCN(c5ccc(-c6cc(F)c7c(c6)C(=O)N(C(C(=O)Nc6nccs6)c6cccc(F)c6)C7)cc5)CC4)CC3)cn2)C(=O)N1. The van der Waals surface area contributed by atoms with Crippen LogP contribution in [0.1, 0.15) is 64.7 Å². The minimum absolute atomic E-state index is 0.114. The van der Waals surface area contributed by atoms with E-state index < -0.39 is 35.5 Å². The molecule has 5 amide bonds. The van der Waals surface area contributed by atoms with Gasteiger partial charge in [-0.3, -0.25) is 39.5 Å². The minimum atomic E-state index is -1.23. The zero-order valence-corrected chi connectivity index (χ0v) is 35.1. The molecule has 63 heavy (non-hydrogen) atoms. The molecule has 4 aliphatic rings. The van der Waals surface area contributed by atoms with Crippen LogP contribution >= 0.6 is 11.3 Å². The smallest absolute Gasteiger partial charge is 0.255 e. The summed E-state index contributed by atoms with van der Waals surface area (Å²) in [5.74, 6) is -1.80. The largest absolute Gasteiger partial charge is 0.368 e. The number of nitrogens with zero attached hydrogens (tertiary/aromatic N) is 6. The Labute approximate surface area is 366 Å². The quantitative estimate of drug-likeness (QED) is 0.143. The molecule has 9 rings (SSSR count). The number of amides is 5. The van der Waals surface area contributed by atoms with Gasteiger partial charge in [0.05, 0.1) is 13.1 Å². The van der Waals surface area contributed by atoms with Gasteiger partial charge >= 0.3 is 0 Å². The molecule has 3 aromatic carbocycles. The Bertz CT molecular complexity index is 2530. The van der Waals surface area contributed by atoms with Crippen LogP contribution in [0, 0.1) is 11.6 Å². The number of pyridine rings is 1. The molecule has 0 spiro atoms. The zero-order valence-electron chi connectivity index (χ0n) is 34.3. The molecule has 324 valence electrons. The molecule has 2 unspecified atom stereocenters. The van der Waals surface area contributed by atoms with Crippen molar-refractivity contribution in [3.63, 3.8) is 0 Å². The lowest BCUT2D eigenvalue weighted by Gasteiger charge is -2.38. The summed E-state index contributed by atoms with van der Waals surface area (Å²) in [5, 5.41) is 10.2. The highest BCUT2D eigenvalue weighted by Gasteiger charge is 2.40. The topological polar surface area (TPSA) is 160 Å². The molecular formula is C46H45F2N9O5S. The van der Waals surface area contributed by atoms with E-state index in [4.69, 9.17) is 0 Å². The second kappa shape index (κ2) is 18.0. The van der Waals surface area contributed by atoms with Gasteiger partial charge in [0, 0.05) is 67.2 Å². The number of piperidine rings is 2. The fourth-order valence-corrected chi connectivity index (χ4v) is 9.44. The van der Waals surface area contributed by atoms with Gasteiger partial charge in [0.15, 0.2) is 5.13 Å². The van der Waals surface area contributed by atoms with Crippen LogP contribution in [0.2, 0.25) is 0 Å². The van der Waals surface area contributed by atoms with Crippen LogP contribution in [-0.2, 0) is 25.7 Å². The van der Waals surface area contributed by atoms with E-state index in [9.17, 15) is 28.4 Å². The third kappa shape index (κ3) is 9.15. The third-order valence-corrected chi connectivity index (χ3v) is 13.1. The molecule has 4 aliphatic heterocycles. The lowest BCUT2D eigenvalue weighted by Crippen LogP contribution is -2.51. The van der Waals surface area contributed by atoms with E-state index in [1.807, 2.05) is 47.5 Å². The number of nitrogens with one attached hydrogen (secondary N) is 3. The number of rotatable bonds is 11. The monoisotopic (exact) mass is 873 g/mol. The van der Waals surface area contributed by atoms with Crippen molar-refractivity contribution in [3.8, 4) is 11.1 Å². The maximum atomic E-state index is 15.8. The molecule has 14 nitrogen and oxygen atoms in total. The number of imide groups is 1. The van der Waals surface area contributed by atoms with Crippen LogP contribution in [0.3, 0.4) is 0 Å². The molecule has 6 heterocycles. The Balaban J connectivity index is 0.768. The molecule has 2 atom stereocenters. The minimum Gasteiger partial charge on any atom is -0.368 e. The summed E-state index contributed by atoms with van der Waals surface area (Å²) >= 11 is 1.20. The van der Waals surface area contributed by atoms with E-state index in [2.05, 4.69) is 35.7 Å². The first-order valence-corrected chi connectivity index (χ1v) is 21.9. The Morgan fingerprint density at radius 2 is 1.67 bits per heavy atom. The lowest BCUT2D eigenvalue weighted by atomic mass is 9.90. The summed E-state index contributed by atoms with van der Waals surface area (Å²) in [4.78, 5) is 80.7. The molecular weight excluding hydrogens is 829 g/mol. The molecule has 0 aliphatic carbocycles. The van der Waals surface area contributed by atoms with Crippen molar-refractivity contribution in [1.82, 2.24) is 30.0 Å². The highest BCUT2D eigenvalue weighted by atomic mass is 32.1. The predicted octanol–water partition coefficient (Wildman–Crippen LogP) is 5.56. The van der Waals surface area contributed by atoms with Crippen LogP contribution in [0.25, 0.3) is 11.1 Å². The molecule has 0 saturated carbocycles. The number of piperazine rings is 1. The number of hydrogen-bond donors (Lipinski definition) is 3. The van der Waals surface area contributed by atoms with E-state index in [0.29, 0.717) is 73.6 Å². The number of carbonyl (C=O) groups is 5. The maximum Gasteiger partial charge on any atom is 0.255 e. The van der Waals surface area contributed by atoms with Crippen LogP contribution in [0.5, 0.6) is 0 Å². The summed E-state index contributed by atoms with van der Waals surface area (Å²) in [6.07, 6.45) is 5.94. The van der Waals surface area contributed by atoms with Crippen molar-refractivity contribution >= 4 is 57.5 Å². The fourth-order valence-electron chi connectivity index (χ4n) is 8.91. The van der Waals surface area contributed by atoms with Crippen molar-refractivity contribution in [2.24, 2.45) is 0 Å². The first kappa shape index (κ1) is 41.7. The molecule has 0 bridgehead atoms. The molecule has 3 saturated heterocycles. The van der Waals surface area contributed by atoms with E-state index in [-0.39, 0.29) is 41.0 Å². The summed E-state index contributed by atoms with van der Waals surface area (Å²) in [5.41, 5.74) is 3.89. The number of aromatic nitrogens is 2. The Morgan fingerprint density at radius 3 is 2.37 bits per heavy atom. The highest BCUT2D eigenvalue weighted by Crippen LogP contribution is 2.37. The molecule has 5 aromatic rings. The van der Waals surface area contributed by atoms with Crippen LogP contribution in [0.4, 0.5) is 25.4 Å². The van der Waals surface area contributed by atoms with Gasteiger partial charge in [-0.05, 0) is 103 Å². The third-order valence-electron chi connectivity index (χ3n) is 12.4. The highest BCUT2D eigenvalue weighted by molar-refractivity contribution is 7.13. The van der Waals surface area contributed by atoms with Gasteiger partial charge in [-0.1, -0.05) is 30.3 Å². The zero-order chi connectivity index (χ0) is 43.6. The number of benzene rings is 3. The van der Waals surface area contributed by atoms with E-state index in [1.54, 1.807) is 17.5 Å². The molecule has 3 N–H and O–H groups in total. The normalized spacial score (nSPS) is 18.9. The second-order valence-corrected chi connectivity index (χ2v) is 17.2. The number of halogens is 2. The van der Waals surface area contributed by atoms with Crippen LogP contribution in [-0.4, -0.2) is 106 Å². The number of likely N-dealkylation sites (tertiary alicyclic amines) is 1. The van der Waals surface area contributed by atoms with Crippen molar-refractivity contribution in [3.05, 3.63) is 124 Å². The molecule has 0 radical (unpaired) electrons. The number of fused-ring (bicyclic) bond motifs is 1. The number of anilines is 3. The molecule has 17 heteroatoms. The van der Waals surface area contributed by atoms with Crippen molar-refractivity contribution < 1.29 is 32.8 Å². The second-order valence-electron chi connectivity index (χ2n) is 16.3. The molecule has 2 aromatic heterocycles. The number of hydrogen-bond acceptors (Lipinski definition) is 11.